The molecule has 2 aromatic carbocycles. The van der Waals surface area contributed by atoms with Crippen LogP contribution < -0.4 is 19.5 Å². The minimum atomic E-state index is -0.500. The van der Waals surface area contributed by atoms with Crippen molar-refractivity contribution in [3.05, 3.63) is 82.8 Å². The highest BCUT2D eigenvalue weighted by atomic mass is 35.5. The Morgan fingerprint density at radius 2 is 1.90 bits per heavy atom. The van der Waals surface area contributed by atoms with E-state index in [9.17, 15) is 9.18 Å². The van der Waals surface area contributed by atoms with E-state index >= 15 is 0 Å². The van der Waals surface area contributed by atoms with E-state index in [-0.39, 0.29) is 23.5 Å². The van der Waals surface area contributed by atoms with E-state index in [4.69, 9.17) is 30.8 Å². The first-order chi connectivity index (χ1) is 19.0. The first-order valence-corrected chi connectivity index (χ1v) is 12.8. The van der Waals surface area contributed by atoms with Crippen molar-refractivity contribution >= 4 is 17.5 Å². The van der Waals surface area contributed by atoms with Crippen LogP contribution in [0.1, 0.15) is 40.6 Å². The van der Waals surface area contributed by atoms with Gasteiger partial charge in [-0.3, -0.25) is 9.89 Å². The average Bonchev–Trinajstić information content (AvgIpc) is 3.66. The topological polar surface area (TPSA) is 111 Å². The lowest BCUT2D eigenvalue weighted by atomic mass is 9.97. The molecule has 1 saturated carbocycles. The summed E-state index contributed by atoms with van der Waals surface area (Å²) in [6.45, 7) is 0.588. The molecule has 1 unspecified atom stereocenters. The summed E-state index contributed by atoms with van der Waals surface area (Å²) >= 11 is 6.02. The fourth-order valence-electron chi connectivity index (χ4n) is 4.37. The van der Waals surface area contributed by atoms with E-state index in [0.29, 0.717) is 52.4 Å². The molecule has 0 aliphatic heterocycles. The zero-order valence-electron chi connectivity index (χ0n) is 21.4. The molecule has 1 aliphatic rings. The number of hydrogen-bond donors (Lipinski definition) is 2. The number of carbonyl (C=O) groups excluding carboxylic acids is 1. The van der Waals surface area contributed by atoms with Crippen LogP contribution in [0, 0.1) is 11.7 Å². The van der Waals surface area contributed by atoms with Crippen molar-refractivity contribution in [3.63, 3.8) is 0 Å². The zero-order valence-corrected chi connectivity index (χ0v) is 22.2. The Kier molecular flexibility index (Phi) is 7.92. The normalized spacial score (nSPS) is 13.5. The predicted molar refractivity (Wildman–Crippen MR) is 143 cm³/mol. The van der Waals surface area contributed by atoms with E-state index in [1.807, 2.05) is 12.1 Å². The van der Waals surface area contributed by atoms with Crippen molar-refractivity contribution in [3.8, 4) is 28.5 Å². The molecule has 39 heavy (non-hydrogen) atoms. The minimum absolute atomic E-state index is 0.000865. The van der Waals surface area contributed by atoms with Gasteiger partial charge in [0, 0.05) is 29.3 Å². The van der Waals surface area contributed by atoms with Crippen molar-refractivity contribution in [1.82, 2.24) is 25.5 Å². The SMILES string of the molecule is COc1cc(C(=O)NCC(c2ccc(OC)c(-c3ccc(F)c(Cl)c3)n2)C2CC2)ccc1OCc1ncn[nH]1. The van der Waals surface area contributed by atoms with Gasteiger partial charge in [0.15, 0.2) is 17.3 Å². The summed E-state index contributed by atoms with van der Waals surface area (Å²) in [7, 11) is 3.07. The van der Waals surface area contributed by atoms with Gasteiger partial charge in [0.25, 0.3) is 5.91 Å². The molecule has 11 heteroatoms. The summed E-state index contributed by atoms with van der Waals surface area (Å²) in [5.41, 5.74) is 2.48. The van der Waals surface area contributed by atoms with Crippen LogP contribution in [0.3, 0.4) is 0 Å². The Hall–Kier alpha value is -4.18. The molecule has 9 nitrogen and oxygen atoms in total. The number of rotatable bonds is 11. The number of halogens is 2. The summed E-state index contributed by atoms with van der Waals surface area (Å²) in [6.07, 6.45) is 3.51. The second-order valence-corrected chi connectivity index (χ2v) is 9.56. The maximum absolute atomic E-state index is 13.8. The Balaban J connectivity index is 1.31. The van der Waals surface area contributed by atoms with E-state index in [1.54, 1.807) is 31.4 Å². The van der Waals surface area contributed by atoms with Crippen molar-refractivity contribution < 1.29 is 23.4 Å². The quantitative estimate of drug-likeness (QED) is 0.264. The monoisotopic (exact) mass is 551 g/mol. The molecule has 1 aliphatic carbocycles. The molecule has 0 saturated heterocycles. The molecule has 2 N–H and O–H groups in total. The number of aromatic nitrogens is 4. The number of nitrogens with one attached hydrogen (secondary N) is 2. The number of aromatic amines is 1. The van der Waals surface area contributed by atoms with Gasteiger partial charge in [0.05, 0.1) is 19.2 Å². The van der Waals surface area contributed by atoms with Gasteiger partial charge < -0.3 is 19.5 Å². The molecule has 202 valence electrons. The van der Waals surface area contributed by atoms with Crippen LogP contribution in [0.25, 0.3) is 11.3 Å². The van der Waals surface area contributed by atoms with Crippen LogP contribution in [0.15, 0.2) is 54.9 Å². The Morgan fingerprint density at radius 1 is 1.10 bits per heavy atom. The first kappa shape index (κ1) is 26.4. The summed E-state index contributed by atoms with van der Waals surface area (Å²) in [6, 6.07) is 13.2. The van der Waals surface area contributed by atoms with Crippen LogP contribution in [0.5, 0.6) is 17.2 Å². The van der Waals surface area contributed by atoms with Gasteiger partial charge >= 0.3 is 0 Å². The molecular formula is C28H27ClFN5O4. The van der Waals surface area contributed by atoms with Crippen molar-refractivity contribution in [2.24, 2.45) is 5.92 Å². The van der Waals surface area contributed by atoms with Gasteiger partial charge in [-0.15, -0.1) is 0 Å². The molecule has 0 bridgehead atoms. The molecule has 5 rings (SSSR count). The molecular weight excluding hydrogens is 525 g/mol. The Bertz CT molecular complexity index is 1460. The van der Waals surface area contributed by atoms with Crippen LogP contribution in [0.2, 0.25) is 5.02 Å². The van der Waals surface area contributed by atoms with Gasteiger partial charge in [-0.1, -0.05) is 11.6 Å². The first-order valence-electron chi connectivity index (χ1n) is 12.4. The molecule has 1 amide bonds. The smallest absolute Gasteiger partial charge is 0.251 e. The maximum atomic E-state index is 13.8. The minimum Gasteiger partial charge on any atom is -0.494 e. The van der Waals surface area contributed by atoms with Crippen molar-refractivity contribution in [2.45, 2.75) is 25.4 Å². The standard InChI is InChI=1S/C28H27ClFN5O4/c1-37-24-10-8-22(34-27(24)17-5-7-21(30)20(29)11-17)19(16-3-4-16)13-31-28(36)18-6-9-23(25(12-18)38-2)39-14-26-32-15-33-35-26/h5-12,15-16,19H,3-4,13-14H2,1-2H3,(H,31,36)(H,32,33,35). The molecule has 2 aromatic heterocycles. The van der Waals surface area contributed by atoms with Gasteiger partial charge in [-0.25, -0.2) is 14.4 Å². The number of amides is 1. The van der Waals surface area contributed by atoms with Crippen molar-refractivity contribution in [2.75, 3.05) is 20.8 Å². The fraction of sp³-hybridized carbons (Fsp3) is 0.286. The number of pyridine rings is 1. The van der Waals surface area contributed by atoms with E-state index in [1.165, 1.54) is 25.6 Å². The lowest BCUT2D eigenvalue weighted by Crippen LogP contribution is -2.29. The Morgan fingerprint density at radius 3 is 2.59 bits per heavy atom. The van der Waals surface area contributed by atoms with Gasteiger partial charge in [-0.2, -0.15) is 5.10 Å². The Labute approximate surface area is 229 Å². The molecule has 2 heterocycles. The van der Waals surface area contributed by atoms with Gasteiger partial charge in [0.1, 0.15) is 30.2 Å². The largest absolute Gasteiger partial charge is 0.494 e. The maximum Gasteiger partial charge on any atom is 0.251 e. The molecule has 0 spiro atoms. The number of carbonyl (C=O) groups is 1. The lowest BCUT2D eigenvalue weighted by molar-refractivity contribution is 0.0949. The highest BCUT2D eigenvalue weighted by Gasteiger charge is 2.34. The van der Waals surface area contributed by atoms with Crippen LogP contribution in [0.4, 0.5) is 4.39 Å². The van der Waals surface area contributed by atoms with E-state index in [2.05, 4.69) is 20.5 Å². The fourth-order valence-corrected chi connectivity index (χ4v) is 4.55. The highest BCUT2D eigenvalue weighted by molar-refractivity contribution is 6.31. The number of benzene rings is 2. The molecule has 4 aromatic rings. The molecule has 1 atom stereocenters. The van der Waals surface area contributed by atoms with Gasteiger partial charge in [0.2, 0.25) is 0 Å². The molecule has 1 fully saturated rings. The van der Waals surface area contributed by atoms with Crippen LogP contribution in [-0.4, -0.2) is 46.8 Å². The summed E-state index contributed by atoms with van der Waals surface area (Å²) in [5.74, 6) is 1.70. The number of H-pyrrole nitrogens is 1. The summed E-state index contributed by atoms with van der Waals surface area (Å²) in [4.78, 5) is 22.0. The lowest BCUT2D eigenvalue weighted by Gasteiger charge is -2.19. The van der Waals surface area contributed by atoms with Crippen LogP contribution in [-0.2, 0) is 6.61 Å². The van der Waals surface area contributed by atoms with Crippen molar-refractivity contribution in [1.29, 1.82) is 0 Å². The summed E-state index contributed by atoms with van der Waals surface area (Å²) in [5, 5.41) is 9.58. The van der Waals surface area contributed by atoms with E-state index < -0.39 is 5.82 Å². The third-order valence-corrected chi connectivity index (χ3v) is 6.89. The zero-order chi connectivity index (χ0) is 27.4. The van der Waals surface area contributed by atoms with E-state index in [0.717, 1.165) is 18.5 Å². The predicted octanol–water partition coefficient (Wildman–Crippen LogP) is 5.18. The second kappa shape index (κ2) is 11.7. The number of methoxy groups -OCH3 is 2. The van der Waals surface area contributed by atoms with Gasteiger partial charge in [-0.05, 0) is 67.3 Å². The number of nitrogens with zero attached hydrogens (tertiary/aromatic N) is 3. The second-order valence-electron chi connectivity index (χ2n) is 9.16. The number of hydrogen-bond acceptors (Lipinski definition) is 7. The van der Waals surface area contributed by atoms with Crippen LogP contribution >= 0.6 is 11.6 Å². The summed E-state index contributed by atoms with van der Waals surface area (Å²) < 4.78 is 30.4. The third kappa shape index (κ3) is 6.12. The number of ether oxygens (including phenoxy) is 3. The average molecular weight is 552 g/mol. The third-order valence-electron chi connectivity index (χ3n) is 6.60. The highest BCUT2D eigenvalue weighted by Crippen LogP contribution is 2.43. The molecule has 0 radical (unpaired) electrons.